The van der Waals surface area contributed by atoms with Crippen molar-refractivity contribution in [2.24, 2.45) is 0 Å². The second kappa shape index (κ2) is 14.1. The van der Waals surface area contributed by atoms with Crippen molar-refractivity contribution < 1.29 is 23.9 Å². The lowest BCUT2D eigenvalue weighted by Gasteiger charge is -2.35. The molecule has 10 nitrogen and oxygen atoms in total. The fourth-order valence-corrected chi connectivity index (χ4v) is 5.50. The number of hydrogen-bond acceptors (Lipinski definition) is 9. The number of aliphatic hydroxyl groups is 1. The van der Waals surface area contributed by atoms with Crippen molar-refractivity contribution in [2.75, 3.05) is 33.4 Å². The molecule has 222 valence electrons. The van der Waals surface area contributed by atoms with Gasteiger partial charge in [0.1, 0.15) is 24.2 Å². The molecule has 0 bridgehead atoms. The SMILES string of the molecule is CCOC(=O)N1CCCCC1CCc1nc(-c2cc(OC[C@@H](O)CNC)ccc2Cl)nc(-c2c(C)noc2C)c1C. The van der Waals surface area contributed by atoms with E-state index in [1.54, 1.807) is 25.2 Å². The molecule has 2 aromatic heterocycles. The minimum Gasteiger partial charge on any atom is -0.491 e. The van der Waals surface area contributed by atoms with Crippen LogP contribution in [0.15, 0.2) is 22.7 Å². The van der Waals surface area contributed by atoms with Crippen LogP contribution < -0.4 is 10.1 Å². The molecule has 3 heterocycles. The van der Waals surface area contributed by atoms with Gasteiger partial charge in [-0.15, -0.1) is 0 Å². The Labute approximate surface area is 246 Å². The summed E-state index contributed by atoms with van der Waals surface area (Å²) in [6, 6.07) is 5.38. The zero-order valence-corrected chi connectivity index (χ0v) is 25.3. The number of ether oxygens (including phenoxy) is 2. The molecule has 41 heavy (non-hydrogen) atoms. The molecule has 1 fully saturated rings. The number of carbonyl (C=O) groups excluding carboxylic acids is 1. The number of aromatic nitrogens is 3. The molecule has 0 radical (unpaired) electrons. The molecular formula is C30H40ClN5O5. The first kappa shape index (κ1) is 30.7. The molecule has 1 aliphatic heterocycles. The first-order valence-electron chi connectivity index (χ1n) is 14.2. The van der Waals surface area contributed by atoms with Gasteiger partial charge >= 0.3 is 6.09 Å². The van der Waals surface area contributed by atoms with Crippen molar-refractivity contribution in [1.82, 2.24) is 25.3 Å². The van der Waals surface area contributed by atoms with Gasteiger partial charge in [0.2, 0.25) is 0 Å². The number of likely N-dealkylation sites (N-methyl/N-ethyl adjacent to an activating group) is 1. The van der Waals surface area contributed by atoms with Gasteiger partial charge in [-0.1, -0.05) is 16.8 Å². The normalized spacial score (nSPS) is 16.1. The van der Waals surface area contributed by atoms with Crippen LogP contribution in [0.1, 0.15) is 55.3 Å². The number of aliphatic hydroxyl groups excluding tert-OH is 1. The predicted molar refractivity (Wildman–Crippen MR) is 157 cm³/mol. The molecule has 1 amide bonds. The summed E-state index contributed by atoms with van der Waals surface area (Å²) in [6.07, 6.45) is 3.46. The number of nitrogens with one attached hydrogen (secondary N) is 1. The lowest BCUT2D eigenvalue weighted by atomic mass is 9.95. The maximum Gasteiger partial charge on any atom is 0.409 e. The molecule has 1 aromatic carbocycles. The Hall–Kier alpha value is -3.21. The standard InChI is InChI=1S/C30H40ClN5O5/c1-6-39-30(38)36-14-8-7-9-21(36)10-13-26-18(2)28(27-19(3)35-41-20(27)4)34-29(33-26)24-15-23(11-12-25(24)31)40-17-22(37)16-32-5/h11-12,15,21-22,32,37H,6-10,13-14,16-17H2,1-5H3/t21?,22-/m0/s1. The molecule has 1 aliphatic rings. The van der Waals surface area contributed by atoms with Crippen molar-refractivity contribution in [3.63, 3.8) is 0 Å². The number of carbonyl (C=O) groups is 1. The number of piperidine rings is 1. The van der Waals surface area contributed by atoms with E-state index in [4.69, 9.17) is 35.6 Å². The van der Waals surface area contributed by atoms with Gasteiger partial charge in [-0.25, -0.2) is 14.8 Å². The highest BCUT2D eigenvalue weighted by Crippen LogP contribution is 2.35. The molecule has 2 atom stereocenters. The van der Waals surface area contributed by atoms with Gasteiger partial charge in [-0.3, -0.25) is 0 Å². The van der Waals surface area contributed by atoms with E-state index in [9.17, 15) is 9.90 Å². The minimum absolute atomic E-state index is 0.0764. The molecule has 3 aromatic rings. The van der Waals surface area contributed by atoms with Gasteiger partial charge in [0.15, 0.2) is 5.82 Å². The predicted octanol–water partition coefficient (Wildman–Crippen LogP) is 5.28. The Morgan fingerprint density at radius 3 is 2.78 bits per heavy atom. The van der Waals surface area contributed by atoms with Crippen LogP contribution in [0, 0.1) is 20.8 Å². The van der Waals surface area contributed by atoms with Crippen molar-refractivity contribution >= 4 is 17.7 Å². The van der Waals surface area contributed by atoms with Crippen LogP contribution in [0.25, 0.3) is 22.6 Å². The highest BCUT2D eigenvalue weighted by atomic mass is 35.5. The van der Waals surface area contributed by atoms with E-state index < -0.39 is 6.10 Å². The monoisotopic (exact) mass is 585 g/mol. The molecule has 1 saturated heterocycles. The molecular weight excluding hydrogens is 546 g/mol. The molecule has 2 N–H and O–H groups in total. The van der Waals surface area contributed by atoms with Crippen LogP contribution in [0.3, 0.4) is 0 Å². The summed E-state index contributed by atoms with van der Waals surface area (Å²) in [4.78, 5) is 24.4. The Kier molecular flexibility index (Phi) is 10.6. The van der Waals surface area contributed by atoms with Crippen molar-refractivity contribution in [3.05, 3.63) is 45.9 Å². The molecule has 0 spiro atoms. The summed E-state index contributed by atoms with van der Waals surface area (Å²) >= 11 is 6.67. The Morgan fingerprint density at radius 2 is 2.07 bits per heavy atom. The van der Waals surface area contributed by atoms with Crippen molar-refractivity contribution in [2.45, 2.75) is 71.9 Å². The number of rotatable bonds is 11. The lowest BCUT2D eigenvalue weighted by molar-refractivity contribution is 0.0745. The molecule has 1 unspecified atom stereocenters. The second-order valence-corrected chi connectivity index (χ2v) is 10.8. The Bertz CT molecular complexity index is 1330. The van der Waals surface area contributed by atoms with Gasteiger partial charge in [0.05, 0.1) is 28.6 Å². The Balaban J connectivity index is 1.70. The zero-order valence-electron chi connectivity index (χ0n) is 24.5. The average Bonchev–Trinajstić information content (AvgIpc) is 3.29. The summed E-state index contributed by atoms with van der Waals surface area (Å²) in [7, 11) is 1.77. The molecule has 11 heteroatoms. The van der Waals surface area contributed by atoms with Crippen LogP contribution in [0.5, 0.6) is 5.75 Å². The fourth-order valence-electron chi connectivity index (χ4n) is 5.29. The van der Waals surface area contributed by atoms with Crippen LogP contribution >= 0.6 is 11.6 Å². The number of benzene rings is 1. The van der Waals surface area contributed by atoms with Gasteiger partial charge in [0, 0.05) is 30.4 Å². The minimum atomic E-state index is -0.651. The summed E-state index contributed by atoms with van der Waals surface area (Å²) in [5.74, 6) is 1.68. The van der Waals surface area contributed by atoms with E-state index in [0.29, 0.717) is 54.0 Å². The number of halogens is 1. The summed E-state index contributed by atoms with van der Waals surface area (Å²) < 4.78 is 16.6. The van der Waals surface area contributed by atoms with E-state index >= 15 is 0 Å². The zero-order chi connectivity index (χ0) is 29.5. The number of aryl methyl sites for hydroxylation is 3. The maximum atomic E-state index is 12.6. The van der Waals surface area contributed by atoms with E-state index in [1.807, 2.05) is 32.6 Å². The van der Waals surface area contributed by atoms with Gasteiger partial charge in [0.25, 0.3) is 0 Å². The van der Waals surface area contributed by atoms with Crippen LogP contribution in [0.4, 0.5) is 4.79 Å². The van der Waals surface area contributed by atoms with Crippen molar-refractivity contribution in [3.8, 4) is 28.4 Å². The van der Waals surface area contributed by atoms with Gasteiger partial charge < -0.3 is 29.3 Å². The Morgan fingerprint density at radius 1 is 1.27 bits per heavy atom. The largest absolute Gasteiger partial charge is 0.491 e. The van der Waals surface area contributed by atoms with Gasteiger partial charge in [-0.05, 0) is 90.6 Å². The highest BCUT2D eigenvalue weighted by molar-refractivity contribution is 6.33. The van der Waals surface area contributed by atoms with E-state index in [0.717, 1.165) is 53.9 Å². The van der Waals surface area contributed by atoms with Crippen LogP contribution in [-0.4, -0.2) is 76.7 Å². The quantitative estimate of drug-likeness (QED) is 0.309. The highest BCUT2D eigenvalue weighted by Gasteiger charge is 2.28. The third kappa shape index (κ3) is 7.36. The van der Waals surface area contributed by atoms with E-state index in [-0.39, 0.29) is 18.7 Å². The van der Waals surface area contributed by atoms with Crippen LogP contribution in [-0.2, 0) is 11.2 Å². The van der Waals surface area contributed by atoms with E-state index in [1.165, 1.54) is 0 Å². The summed E-state index contributed by atoms with van der Waals surface area (Å²) in [6.45, 7) is 9.20. The molecule has 0 aliphatic carbocycles. The number of hydrogen-bond donors (Lipinski definition) is 2. The maximum absolute atomic E-state index is 12.6. The van der Waals surface area contributed by atoms with E-state index in [2.05, 4.69) is 10.5 Å². The van der Waals surface area contributed by atoms with Crippen LogP contribution in [0.2, 0.25) is 5.02 Å². The fraction of sp³-hybridized carbons (Fsp3) is 0.533. The second-order valence-electron chi connectivity index (χ2n) is 10.4. The average molecular weight is 586 g/mol. The van der Waals surface area contributed by atoms with Crippen molar-refractivity contribution in [1.29, 1.82) is 0 Å². The molecule has 0 saturated carbocycles. The third-order valence-corrected chi connectivity index (χ3v) is 7.75. The summed E-state index contributed by atoms with van der Waals surface area (Å²) in [5.41, 5.74) is 4.72. The first-order chi connectivity index (χ1) is 19.7. The van der Waals surface area contributed by atoms with Gasteiger partial charge in [-0.2, -0.15) is 0 Å². The lowest BCUT2D eigenvalue weighted by Crippen LogP contribution is -2.44. The first-order valence-corrected chi connectivity index (χ1v) is 14.6. The number of nitrogens with zero attached hydrogens (tertiary/aromatic N) is 4. The topological polar surface area (TPSA) is 123 Å². The number of amides is 1. The summed E-state index contributed by atoms with van der Waals surface area (Å²) in [5, 5.41) is 17.6. The third-order valence-electron chi connectivity index (χ3n) is 7.42. The smallest absolute Gasteiger partial charge is 0.409 e. The number of likely N-dealkylation sites (tertiary alicyclic amines) is 1. The molecule has 4 rings (SSSR count).